The van der Waals surface area contributed by atoms with E-state index in [1.54, 1.807) is 48.5 Å². The topological polar surface area (TPSA) is 86.8 Å². The number of carbonyl (C=O) groups is 2. The fourth-order valence-electron chi connectivity index (χ4n) is 5.04. The van der Waals surface area contributed by atoms with Gasteiger partial charge in [-0.25, -0.2) is 8.42 Å². The van der Waals surface area contributed by atoms with Gasteiger partial charge in [0, 0.05) is 19.5 Å². The molecule has 0 aliphatic carbocycles. The van der Waals surface area contributed by atoms with Crippen molar-refractivity contribution < 1.29 is 18.0 Å². The van der Waals surface area contributed by atoms with E-state index in [1.165, 1.54) is 17.0 Å². The molecule has 0 aliphatic heterocycles. The first kappa shape index (κ1) is 34.0. The van der Waals surface area contributed by atoms with E-state index in [0.29, 0.717) is 40.7 Å². The minimum Gasteiger partial charge on any atom is -0.354 e. The smallest absolute Gasteiger partial charge is 0.264 e. The second kappa shape index (κ2) is 15.9. The average Bonchev–Trinajstić information content (AvgIpc) is 3.06. The van der Waals surface area contributed by atoms with E-state index in [-0.39, 0.29) is 23.8 Å². The van der Waals surface area contributed by atoms with Crippen molar-refractivity contribution in [2.75, 3.05) is 17.4 Å². The van der Waals surface area contributed by atoms with Crippen LogP contribution in [-0.2, 0) is 39.0 Å². The van der Waals surface area contributed by atoms with Gasteiger partial charge in [0.25, 0.3) is 10.0 Å². The lowest BCUT2D eigenvalue weighted by atomic mass is 10.0. The number of hydrogen-bond donors (Lipinski definition) is 1. The van der Waals surface area contributed by atoms with Crippen molar-refractivity contribution in [2.24, 2.45) is 0 Å². The van der Waals surface area contributed by atoms with Gasteiger partial charge in [-0.15, -0.1) is 0 Å². The van der Waals surface area contributed by atoms with E-state index < -0.39 is 28.5 Å². The number of carbonyl (C=O) groups excluding carboxylic acids is 2. The molecule has 0 fully saturated rings. The number of hydrogen-bond acceptors (Lipinski definition) is 4. The number of benzene rings is 4. The van der Waals surface area contributed by atoms with Crippen LogP contribution in [0.5, 0.6) is 0 Å². The number of para-hydroxylation sites is 1. The molecular formula is C35H37Cl2N3O4S. The van der Waals surface area contributed by atoms with Crippen molar-refractivity contribution in [3.05, 3.63) is 130 Å². The maximum Gasteiger partial charge on any atom is 0.264 e. The van der Waals surface area contributed by atoms with Crippen molar-refractivity contribution in [1.29, 1.82) is 0 Å². The first-order valence-electron chi connectivity index (χ1n) is 14.9. The van der Waals surface area contributed by atoms with Crippen LogP contribution >= 0.6 is 23.2 Å². The second-order valence-corrected chi connectivity index (χ2v) is 13.3. The standard InChI is InChI=1S/C35H37Cl2N3O4S/c1-3-21-38-35(42)33(23-26-13-7-5-8-14-26)39(24-27-19-20-30(36)31(37)22-27)34(41)25-40(32-18-12-11-15-28(32)4-2)45(43,44)29-16-9-6-10-17-29/h5-20,22,33H,3-4,21,23-25H2,1-2H3,(H,38,42)/t33-/m1/s1. The Bertz CT molecular complexity index is 1700. The monoisotopic (exact) mass is 665 g/mol. The van der Waals surface area contributed by atoms with Gasteiger partial charge in [0.1, 0.15) is 12.6 Å². The molecule has 7 nitrogen and oxygen atoms in total. The van der Waals surface area contributed by atoms with Gasteiger partial charge in [0.05, 0.1) is 20.6 Å². The molecule has 0 bridgehead atoms. The molecule has 10 heteroatoms. The van der Waals surface area contributed by atoms with Crippen molar-refractivity contribution in [1.82, 2.24) is 10.2 Å². The summed E-state index contributed by atoms with van der Waals surface area (Å²) >= 11 is 12.5. The van der Waals surface area contributed by atoms with Crippen LogP contribution in [0.3, 0.4) is 0 Å². The summed E-state index contributed by atoms with van der Waals surface area (Å²) in [5, 5.41) is 3.61. The highest BCUT2D eigenvalue weighted by atomic mass is 35.5. The van der Waals surface area contributed by atoms with Crippen LogP contribution < -0.4 is 9.62 Å². The van der Waals surface area contributed by atoms with Crippen LogP contribution in [0.25, 0.3) is 0 Å². The zero-order valence-corrected chi connectivity index (χ0v) is 27.7. The van der Waals surface area contributed by atoms with Gasteiger partial charge < -0.3 is 10.2 Å². The molecular weight excluding hydrogens is 629 g/mol. The van der Waals surface area contributed by atoms with Gasteiger partial charge in [-0.05, 0) is 59.9 Å². The van der Waals surface area contributed by atoms with Crippen molar-refractivity contribution in [3.63, 3.8) is 0 Å². The molecule has 1 N–H and O–H groups in total. The Hall–Kier alpha value is -3.85. The molecule has 0 radical (unpaired) electrons. The maximum atomic E-state index is 14.6. The largest absolute Gasteiger partial charge is 0.354 e. The summed E-state index contributed by atoms with van der Waals surface area (Å²) in [4.78, 5) is 29.8. The summed E-state index contributed by atoms with van der Waals surface area (Å²) in [6, 6.07) is 28.7. The van der Waals surface area contributed by atoms with E-state index in [9.17, 15) is 18.0 Å². The minimum atomic E-state index is -4.17. The maximum absolute atomic E-state index is 14.6. The lowest BCUT2D eigenvalue weighted by Crippen LogP contribution is -2.53. The van der Waals surface area contributed by atoms with E-state index in [2.05, 4.69) is 5.32 Å². The molecule has 0 aromatic heterocycles. The summed E-state index contributed by atoms with van der Waals surface area (Å²) in [5.41, 5.74) is 2.67. The molecule has 4 aromatic carbocycles. The van der Waals surface area contributed by atoms with E-state index in [1.807, 2.05) is 56.3 Å². The Morgan fingerprint density at radius 3 is 2.09 bits per heavy atom. The van der Waals surface area contributed by atoms with Crippen molar-refractivity contribution in [2.45, 2.75) is 50.6 Å². The van der Waals surface area contributed by atoms with Crippen LogP contribution in [0.4, 0.5) is 5.69 Å². The van der Waals surface area contributed by atoms with Crippen LogP contribution in [0.2, 0.25) is 10.0 Å². The van der Waals surface area contributed by atoms with Crippen LogP contribution in [-0.4, -0.2) is 44.3 Å². The zero-order valence-electron chi connectivity index (χ0n) is 25.3. The van der Waals surface area contributed by atoms with Gasteiger partial charge in [-0.2, -0.15) is 0 Å². The number of rotatable bonds is 14. The number of halogens is 2. The van der Waals surface area contributed by atoms with E-state index in [4.69, 9.17) is 23.2 Å². The third kappa shape index (κ3) is 8.66. The fraction of sp³-hybridized carbons (Fsp3) is 0.257. The molecule has 1 atom stereocenters. The summed E-state index contributed by atoms with van der Waals surface area (Å²) in [5.74, 6) is -0.875. The van der Waals surface area contributed by atoms with Gasteiger partial charge >= 0.3 is 0 Å². The first-order chi connectivity index (χ1) is 21.6. The molecule has 0 aliphatic rings. The fourth-order valence-corrected chi connectivity index (χ4v) is 6.83. The summed E-state index contributed by atoms with van der Waals surface area (Å²) in [7, 11) is -4.17. The number of amides is 2. The Labute approximate surface area is 275 Å². The van der Waals surface area contributed by atoms with E-state index >= 15 is 0 Å². The van der Waals surface area contributed by atoms with Crippen LogP contribution in [0, 0.1) is 0 Å². The van der Waals surface area contributed by atoms with Crippen LogP contribution in [0.15, 0.2) is 108 Å². The van der Waals surface area contributed by atoms with E-state index in [0.717, 1.165) is 15.4 Å². The lowest BCUT2D eigenvalue weighted by molar-refractivity contribution is -0.140. The number of aryl methyl sites for hydroxylation is 1. The predicted molar refractivity (Wildman–Crippen MR) is 181 cm³/mol. The molecule has 4 aromatic rings. The third-order valence-electron chi connectivity index (χ3n) is 7.41. The summed E-state index contributed by atoms with van der Waals surface area (Å²) in [6.45, 7) is 3.78. The SMILES string of the molecule is CCCNC(=O)[C@@H](Cc1ccccc1)N(Cc1ccc(Cl)c(Cl)c1)C(=O)CN(c1ccccc1CC)S(=O)(=O)c1ccccc1. The zero-order chi connectivity index (χ0) is 32.4. The molecule has 0 heterocycles. The first-order valence-corrected chi connectivity index (χ1v) is 17.1. The Morgan fingerprint density at radius 2 is 1.44 bits per heavy atom. The molecule has 0 unspecified atom stereocenters. The Morgan fingerprint density at radius 1 is 0.800 bits per heavy atom. The number of anilines is 1. The average molecular weight is 667 g/mol. The van der Waals surface area contributed by atoms with Crippen molar-refractivity contribution >= 4 is 50.7 Å². The quantitative estimate of drug-likeness (QED) is 0.158. The molecule has 45 heavy (non-hydrogen) atoms. The predicted octanol–water partition coefficient (Wildman–Crippen LogP) is 6.92. The van der Waals surface area contributed by atoms with Gasteiger partial charge in [0.2, 0.25) is 11.8 Å². The number of nitrogens with one attached hydrogen (secondary N) is 1. The molecule has 4 rings (SSSR count). The minimum absolute atomic E-state index is 0.00141. The molecule has 0 spiro atoms. The third-order valence-corrected chi connectivity index (χ3v) is 9.92. The molecule has 0 saturated heterocycles. The highest BCUT2D eigenvalue weighted by molar-refractivity contribution is 7.92. The number of nitrogens with zero attached hydrogens (tertiary/aromatic N) is 2. The highest BCUT2D eigenvalue weighted by Crippen LogP contribution is 2.29. The molecule has 236 valence electrons. The normalized spacial score (nSPS) is 11.9. The lowest BCUT2D eigenvalue weighted by Gasteiger charge is -2.34. The van der Waals surface area contributed by atoms with Gasteiger partial charge in [-0.3, -0.25) is 13.9 Å². The van der Waals surface area contributed by atoms with Gasteiger partial charge in [-0.1, -0.05) is 110 Å². The summed E-state index contributed by atoms with van der Waals surface area (Å²) < 4.78 is 29.5. The Balaban J connectivity index is 1.83. The van der Waals surface area contributed by atoms with Gasteiger partial charge in [0.15, 0.2) is 0 Å². The second-order valence-electron chi connectivity index (χ2n) is 10.6. The highest BCUT2D eigenvalue weighted by Gasteiger charge is 2.35. The summed E-state index contributed by atoms with van der Waals surface area (Å²) in [6.07, 6.45) is 1.48. The molecule has 0 saturated carbocycles. The van der Waals surface area contributed by atoms with Crippen LogP contribution in [0.1, 0.15) is 37.0 Å². The van der Waals surface area contributed by atoms with Crippen molar-refractivity contribution in [3.8, 4) is 0 Å². The molecule has 2 amide bonds. The Kier molecular flexibility index (Phi) is 12.0. The number of sulfonamides is 1.